The molecule has 0 saturated heterocycles. The van der Waals surface area contributed by atoms with Crippen LogP contribution in [0.2, 0.25) is 0 Å². The van der Waals surface area contributed by atoms with Crippen LogP contribution in [0.5, 0.6) is 0 Å². The number of methoxy groups -OCH3 is 1. The van der Waals surface area contributed by atoms with Gasteiger partial charge in [0, 0.05) is 5.69 Å². The molecule has 0 fully saturated rings. The van der Waals surface area contributed by atoms with Gasteiger partial charge in [0.25, 0.3) is 0 Å². The Morgan fingerprint density at radius 2 is 2.05 bits per heavy atom. The highest BCUT2D eigenvalue weighted by Gasteiger charge is 2.10. The van der Waals surface area contributed by atoms with Crippen LogP contribution < -0.4 is 5.73 Å². The summed E-state index contributed by atoms with van der Waals surface area (Å²) in [6, 6.07) is 3.47. The van der Waals surface area contributed by atoms with Crippen molar-refractivity contribution in [3.05, 3.63) is 28.8 Å². The molecule has 0 spiro atoms. The fourth-order valence-corrected chi connectivity index (χ4v) is 1.62. The first-order valence-corrected chi connectivity index (χ1v) is 5.68. The van der Waals surface area contributed by atoms with Crippen LogP contribution in [0.15, 0.2) is 12.1 Å². The quantitative estimate of drug-likeness (QED) is 0.586. The number of nitrogen functional groups attached to an aromatic ring is 1. The Morgan fingerprint density at radius 3 is 2.63 bits per heavy atom. The summed E-state index contributed by atoms with van der Waals surface area (Å²) in [7, 11) is 1.32. The molecule has 19 heavy (non-hydrogen) atoms. The molecule has 0 aliphatic heterocycles. The lowest BCUT2D eigenvalue weighted by atomic mass is 10.0. The summed E-state index contributed by atoms with van der Waals surface area (Å²) in [5.74, 6) is -1.39. The van der Waals surface area contributed by atoms with Gasteiger partial charge in [-0.2, -0.15) is 0 Å². The molecule has 0 unspecified atom stereocenters. The topological polar surface area (TPSA) is 98.8 Å². The number of carboxylic acid groups (broad SMARTS) is 1. The second kappa shape index (κ2) is 6.75. The van der Waals surface area contributed by atoms with Crippen LogP contribution in [0.1, 0.15) is 16.7 Å². The van der Waals surface area contributed by atoms with Gasteiger partial charge in [-0.1, -0.05) is 6.07 Å². The minimum Gasteiger partial charge on any atom is -0.480 e. The highest BCUT2D eigenvalue weighted by atomic mass is 16.5. The average Bonchev–Trinajstić information content (AvgIpc) is 2.34. The van der Waals surface area contributed by atoms with E-state index in [1.165, 1.54) is 7.11 Å². The highest BCUT2D eigenvalue weighted by molar-refractivity contribution is 5.74. The van der Waals surface area contributed by atoms with Crippen molar-refractivity contribution in [2.75, 3.05) is 19.5 Å². The van der Waals surface area contributed by atoms with Crippen molar-refractivity contribution in [3.63, 3.8) is 0 Å². The molecule has 1 rings (SSSR count). The molecule has 6 heteroatoms. The molecule has 1 aromatic carbocycles. The van der Waals surface area contributed by atoms with Crippen LogP contribution in [0.25, 0.3) is 0 Å². The molecule has 0 aliphatic rings. The molecule has 0 aromatic heterocycles. The number of ether oxygens (including phenoxy) is 2. The molecule has 0 radical (unpaired) electrons. The second-order valence-corrected chi connectivity index (χ2v) is 4.11. The molecule has 0 amide bonds. The van der Waals surface area contributed by atoms with Crippen LogP contribution in [-0.4, -0.2) is 30.8 Å². The van der Waals surface area contributed by atoms with E-state index >= 15 is 0 Å². The maximum Gasteiger partial charge on any atom is 0.329 e. The molecule has 0 aliphatic carbocycles. The Kier molecular flexibility index (Phi) is 5.32. The van der Waals surface area contributed by atoms with Crippen molar-refractivity contribution in [2.45, 2.75) is 20.0 Å². The zero-order chi connectivity index (χ0) is 14.4. The third kappa shape index (κ3) is 4.59. The number of benzene rings is 1. The SMILES string of the molecule is COC(=O)Cc1cc(COCC(=O)O)cc(N)c1C. The lowest BCUT2D eigenvalue weighted by Crippen LogP contribution is -2.10. The lowest BCUT2D eigenvalue weighted by molar-refractivity contribution is -0.142. The maximum absolute atomic E-state index is 11.3. The number of carboxylic acids is 1. The smallest absolute Gasteiger partial charge is 0.329 e. The normalized spacial score (nSPS) is 10.2. The van der Waals surface area contributed by atoms with Gasteiger partial charge in [0.15, 0.2) is 0 Å². The van der Waals surface area contributed by atoms with Gasteiger partial charge < -0.3 is 20.3 Å². The molecular weight excluding hydrogens is 250 g/mol. The van der Waals surface area contributed by atoms with E-state index in [4.69, 9.17) is 15.6 Å². The number of hydrogen-bond acceptors (Lipinski definition) is 5. The predicted molar refractivity (Wildman–Crippen MR) is 68.6 cm³/mol. The summed E-state index contributed by atoms with van der Waals surface area (Å²) in [4.78, 5) is 21.6. The van der Waals surface area contributed by atoms with Crippen molar-refractivity contribution < 1.29 is 24.2 Å². The summed E-state index contributed by atoms with van der Waals surface area (Å²) in [6.07, 6.45) is 0.124. The van der Waals surface area contributed by atoms with E-state index in [9.17, 15) is 9.59 Å². The van der Waals surface area contributed by atoms with E-state index < -0.39 is 5.97 Å². The van der Waals surface area contributed by atoms with Crippen molar-refractivity contribution in [2.24, 2.45) is 0 Å². The number of aliphatic carboxylic acids is 1. The molecule has 0 heterocycles. The summed E-state index contributed by atoms with van der Waals surface area (Å²) in [5.41, 5.74) is 8.67. The van der Waals surface area contributed by atoms with Gasteiger partial charge >= 0.3 is 11.9 Å². The Bertz CT molecular complexity index is 484. The number of carbonyl (C=O) groups excluding carboxylic acids is 1. The third-order valence-corrected chi connectivity index (χ3v) is 2.67. The number of carbonyl (C=O) groups is 2. The van der Waals surface area contributed by atoms with E-state index in [1.807, 2.05) is 6.92 Å². The van der Waals surface area contributed by atoms with Crippen LogP contribution in [0.3, 0.4) is 0 Å². The van der Waals surface area contributed by atoms with Gasteiger partial charge in [-0.05, 0) is 29.7 Å². The number of esters is 1. The Balaban J connectivity index is 2.83. The van der Waals surface area contributed by atoms with Gasteiger partial charge in [0.2, 0.25) is 0 Å². The van der Waals surface area contributed by atoms with Crippen LogP contribution in [0, 0.1) is 6.92 Å². The van der Waals surface area contributed by atoms with Gasteiger partial charge in [0.05, 0.1) is 20.1 Å². The molecule has 1 aromatic rings. The molecule has 0 bridgehead atoms. The van der Waals surface area contributed by atoms with Crippen molar-refractivity contribution in [3.8, 4) is 0 Å². The Morgan fingerprint density at radius 1 is 1.37 bits per heavy atom. The minimum atomic E-state index is -1.03. The number of anilines is 1. The molecule has 3 N–H and O–H groups in total. The van der Waals surface area contributed by atoms with Crippen LogP contribution in [0.4, 0.5) is 5.69 Å². The summed E-state index contributed by atoms with van der Waals surface area (Å²) >= 11 is 0. The predicted octanol–water partition coefficient (Wildman–Crippen LogP) is 0.894. The van der Waals surface area contributed by atoms with Gasteiger partial charge in [0.1, 0.15) is 6.61 Å². The second-order valence-electron chi connectivity index (χ2n) is 4.11. The maximum atomic E-state index is 11.3. The fraction of sp³-hybridized carbons (Fsp3) is 0.385. The van der Waals surface area contributed by atoms with Crippen LogP contribution in [-0.2, 0) is 32.1 Å². The van der Waals surface area contributed by atoms with E-state index in [2.05, 4.69) is 4.74 Å². The van der Waals surface area contributed by atoms with Gasteiger partial charge in [-0.25, -0.2) is 4.79 Å². The zero-order valence-corrected chi connectivity index (χ0v) is 10.9. The number of hydrogen-bond donors (Lipinski definition) is 2. The fourth-order valence-electron chi connectivity index (χ4n) is 1.62. The Hall–Kier alpha value is -2.08. The summed E-state index contributed by atoms with van der Waals surface area (Å²) in [5, 5.41) is 8.48. The monoisotopic (exact) mass is 267 g/mol. The number of nitrogens with two attached hydrogens (primary N) is 1. The van der Waals surface area contributed by atoms with E-state index in [0.29, 0.717) is 5.69 Å². The Labute approximate surface area is 111 Å². The standard InChI is InChI=1S/C13H17NO5/c1-8-10(5-13(17)18-2)3-9(4-11(8)14)6-19-7-12(15)16/h3-4H,5-7,14H2,1-2H3,(H,15,16). The van der Waals surface area contributed by atoms with Crippen LogP contribution >= 0.6 is 0 Å². The largest absolute Gasteiger partial charge is 0.480 e. The highest BCUT2D eigenvalue weighted by Crippen LogP contribution is 2.20. The minimum absolute atomic E-state index is 0.124. The summed E-state index contributed by atoms with van der Waals surface area (Å²) in [6.45, 7) is 1.57. The van der Waals surface area contributed by atoms with Gasteiger partial charge in [-0.15, -0.1) is 0 Å². The summed E-state index contributed by atoms with van der Waals surface area (Å²) < 4.78 is 9.60. The first-order chi connectivity index (χ1) is 8.93. The van der Waals surface area contributed by atoms with E-state index in [1.54, 1.807) is 12.1 Å². The van der Waals surface area contributed by atoms with Crippen molar-refractivity contribution in [1.29, 1.82) is 0 Å². The molecule has 6 nitrogen and oxygen atoms in total. The van der Waals surface area contributed by atoms with Crippen molar-refractivity contribution in [1.82, 2.24) is 0 Å². The van der Waals surface area contributed by atoms with Crippen molar-refractivity contribution >= 4 is 17.6 Å². The zero-order valence-electron chi connectivity index (χ0n) is 10.9. The molecule has 104 valence electrons. The first kappa shape index (κ1) is 15.0. The third-order valence-electron chi connectivity index (χ3n) is 2.67. The number of rotatable bonds is 6. The molecule has 0 saturated carbocycles. The lowest BCUT2D eigenvalue weighted by Gasteiger charge is -2.11. The van der Waals surface area contributed by atoms with Gasteiger partial charge in [-0.3, -0.25) is 4.79 Å². The van der Waals surface area contributed by atoms with E-state index in [-0.39, 0.29) is 25.6 Å². The molecule has 0 atom stereocenters. The molecular formula is C13H17NO5. The first-order valence-electron chi connectivity index (χ1n) is 5.68. The average molecular weight is 267 g/mol. The van der Waals surface area contributed by atoms with E-state index in [0.717, 1.165) is 16.7 Å².